The first kappa shape index (κ1) is 25.3. The van der Waals surface area contributed by atoms with Crippen molar-refractivity contribution in [3.05, 3.63) is 70.3 Å². The summed E-state index contributed by atoms with van der Waals surface area (Å²) in [7, 11) is 1.24. The normalized spacial score (nSPS) is 12.1. The lowest BCUT2D eigenvalue weighted by molar-refractivity contribution is -0.143. The molecule has 0 saturated heterocycles. The number of aromatic nitrogens is 1. The molecule has 9 heteroatoms. The maximum absolute atomic E-state index is 12.8. The average Bonchev–Trinajstić information content (AvgIpc) is 3.13. The highest BCUT2D eigenvalue weighted by molar-refractivity contribution is 9.10. The van der Waals surface area contributed by atoms with E-state index in [1.54, 1.807) is 33.0 Å². The number of alkyl carbamates (subject to hydrolysis) is 1. The molecule has 2 aromatic carbocycles. The Balaban J connectivity index is 1.84. The second kappa shape index (κ2) is 10.7. The van der Waals surface area contributed by atoms with Crippen LogP contribution in [0, 0.1) is 0 Å². The number of ether oxygens (including phenoxy) is 3. The lowest BCUT2D eigenvalue weighted by Gasteiger charge is -2.19. The fourth-order valence-corrected chi connectivity index (χ4v) is 3.71. The number of fused-ring (bicyclic) bond motifs is 1. The van der Waals surface area contributed by atoms with Gasteiger partial charge in [-0.05, 0) is 44.0 Å². The quantitative estimate of drug-likeness (QED) is 0.347. The molecule has 180 valence electrons. The van der Waals surface area contributed by atoms with Crippen molar-refractivity contribution in [2.75, 3.05) is 7.11 Å². The van der Waals surface area contributed by atoms with Gasteiger partial charge < -0.3 is 19.5 Å². The van der Waals surface area contributed by atoms with Gasteiger partial charge in [-0.25, -0.2) is 14.4 Å². The van der Waals surface area contributed by atoms with Crippen LogP contribution in [-0.4, -0.2) is 41.5 Å². The number of methoxy groups -OCH3 is 1. The molecular weight excluding hydrogens is 504 g/mol. The molecular formula is C25H27BrN2O6. The van der Waals surface area contributed by atoms with Gasteiger partial charge in [-0.15, -0.1) is 0 Å². The highest BCUT2D eigenvalue weighted by atomic mass is 79.9. The lowest BCUT2D eigenvalue weighted by atomic mass is 10.1. The molecule has 1 N–H and O–H groups in total. The van der Waals surface area contributed by atoms with Crippen molar-refractivity contribution in [2.24, 2.45) is 0 Å². The number of hydrogen-bond donors (Lipinski definition) is 1. The number of nitrogens with one attached hydrogen (secondary N) is 1. The van der Waals surface area contributed by atoms with Crippen molar-refractivity contribution in [2.45, 2.75) is 45.4 Å². The number of carbonyl (C=O) groups excluding carboxylic acids is 3. The molecule has 3 rings (SSSR count). The van der Waals surface area contributed by atoms with Crippen LogP contribution in [0.2, 0.25) is 0 Å². The Kier molecular flexibility index (Phi) is 7.98. The number of halogens is 1. The van der Waals surface area contributed by atoms with Crippen molar-refractivity contribution in [3.8, 4) is 0 Å². The van der Waals surface area contributed by atoms with E-state index >= 15 is 0 Å². The first-order chi connectivity index (χ1) is 16.1. The first-order valence-corrected chi connectivity index (χ1v) is 11.4. The molecule has 1 amide bonds. The minimum absolute atomic E-state index is 0.0620. The van der Waals surface area contributed by atoms with E-state index in [0.29, 0.717) is 11.1 Å². The zero-order valence-corrected chi connectivity index (χ0v) is 21.0. The molecule has 0 aliphatic rings. The van der Waals surface area contributed by atoms with Gasteiger partial charge in [0.15, 0.2) is 0 Å². The van der Waals surface area contributed by atoms with Crippen LogP contribution in [0.3, 0.4) is 0 Å². The van der Waals surface area contributed by atoms with E-state index in [1.807, 2.05) is 42.5 Å². The summed E-state index contributed by atoms with van der Waals surface area (Å²) < 4.78 is 17.8. The third-order valence-corrected chi connectivity index (χ3v) is 5.35. The maximum atomic E-state index is 12.8. The molecule has 3 aromatic rings. The van der Waals surface area contributed by atoms with Crippen LogP contribution in [0.15, 0.2) is 59.2 Å². The number of hydrogen-bond acceptors (Lipinski definition) is 6. The Hall–Kier alpha value is -3.33. The Morgan fingerprint density at radius 2 is 1.79 bits per heavy atom. The Morgan fingerprint density at radius 3 is 2.44 bits per heavy atom. The second-order valence-corrected chi connectivity index (χ2v) is 9.57. The zero-order valence-electron chi connectivity index (χ0n) is 19.5. The molecule has 0 radical (unpaired) electrons. The van der Waals surface area contributed by atoms with Crippen LogP contribution < -0.4 is 5.32 Å². The molecule has 0 spiro atoms. The van der Waals surface area contributed by atoms with Crippen molar-refractivity contribution >= 4 is 45.0 Å². The Bertz CT molecular complexity index is 1180. The SMILES string of the molecule is COC(=O)[C@H](Cc1cn(C(=O)OC(C)(C)C)c2cc(Br)ccc12)NC(=O)OCc1ccccc1. The molecule has 8 nitrogen and oxygen atoms in total. The van der Waals surface area contributed by atoms with Gasteiger partial charge in [-0.1, -0.05) is 52.3 Å². The molecule has 0 fully saturated rings. The van der Waals surface area contributed by atoms with E-state index in [0.717, 1.165) is 15.4 Å². The van der Waals surface area contributed by atoms with Crippen LogP contribution in [0.1, 0.15) is 31.9 Å². The van der Waals surface area contributed by atoms with Gasteiger partial charge >= 0.3 is 18.2 Å². The van der Waals surface area contributed by atoms with E-state index in [1.165, 1.54) is 11.7 Å². The number of rotatable bonds is 6. The van der Waals surface area contributed by atoms with Crippen LogP contribution in [0.5, 0.6) is 0 Å². The molecule has 0 saturated carbocycles. The third kappa shape index (κ3) is 6.60. The van der Waals surface area contributed by atoms with E-state index in [2.05, 4.69) is 21.2 Å². The van der Waals surface area contributed by atoms with Crippen LogP contribution >= 0.6 is 15.9 Å². The predicted molar refractivity (Wildman–Crippen MR) is 131 cm³/mol. The highest BCUT2D eigenvalue weighted by Crippen LogP contribution is 2.27. The van der Waals surface area contributed by atoms with Crippen molar-refractivity contribution in [3.63, 3.8) is 0 Å². The van der Waals surface area contributed by atoms with E-state index in [9.17, 15) is 14.4 Å². The van der Waals surface area contributed by atoms with Gasteiger partial charge in [-0.2, -0.15) is 0 Å². The van der Waals surface area contributed by atoms with Crippen LogP contribution in [0.4, 0.5) is 9.59 Å². The summed E-state index contributed by atoms with van der Waals surface area (Å²) in [5.41, 5.74) is 1.40. The van der Waals surface area contributed by atoms with Gasteiger partial charge in [0.1, 0.15) is 18.2 Å². The minimum atomic E-state index is -1.02. The Morgan fingerprint density at radius 1 is 1.09 bits per heavy atom. The van der Waals surface area contributed by atoms with E-state index in [4.69, 9.17) is 14.2 Å². The van der Waals surface area contributed by atoms with Crippen molar-refractivity contribution in [1.82, 2.24) is 9.88 Å². The Labute approximate surface area is 206 Å². The van der Waals surface area contributed by atoms with Gasteiger partial charge in [0.25, 0.3) is 0 Å². The van der Waals surface area contributed by atoms with Gasteiger partial charge in [-0.3, -0.25) is 4.57 Å². The van der Waals surface area contributed by atoms with E-state index in [-0.39, 0.29) is 13.0 Å². The smallest absolute Gasteiger partial charge is 0.419 e. The van der Waals surface area contributed by atoms with Gasteiger partial charge in [0.05, 0.1) is 12.6 Å². The van der Waals surface area contributed by atoms with Gasteiger partial charge in [0.2, 0.25) is 0 Å². The fourth-order valence-electron chi connectivity index (χ4n) is 3.36. The number of amides is 1. The number of nitrogens with zero attached hydrogens (tertiary/aromatic N) is 1. The fraction of sp³-hybridized carbons (Fsp3) is 0.320. The average molecular weight is 531 g/mol. The molecule has 34 heavy (non-hydrogen) atoms. The summed E-state index contributed by atoms with van der Waals surface area (Å²) in [5, 5.41) is 3.31. The molecule has 0 aliphatic heterocycles. The summed E-state index contributed by atoms with van der Waals surface area (Å²) in [6.07, 6.45) is 0.392. The highest BCUT2D eigenvalue weighted by Gasteiger charge is 2.26. The lowest BCUT2D eigenvalue weighted by Crippen LogP contribution is -2.43. The zero-order chi connectivity index (χ0) is 24.9. The minimum Gasteiger partial charge on any atom is -0.467 e. The monoisotopic (exact) mass is 530 g/mol. The standard InChI is InChI=1S/C25H27BrN2O6/c1-25(2,3)34-24(31)28-14-17(19-11-10-18(26)13-21(19)28)12-20(22(29)32-4)27-23(30)33-15-16-8-6-5-7-9-16/h5-11,13-14,20H,12,15H2,1-4H3,(H,27,30)/t20-/m0/s1. The molecule has 0 bridgehead atoms. The maximum Gasteiger partial charge on any atom is 0.419 e. The topological polar surface area (TPSA) is 95.9 Å². The predicted octanol–water partition coefficient (Wildman–Crippen LogP) is 5.20. The first-order valence-electron chi connectivity index (χ1n) is 10.7. The summed E-state index contributed by atoms with van der Waals surface area (Å²) in [4.78, 5) is 37.7. The summed E-state index contributed by atoms with van der Waals surface area (Å²) in [6.45, 7) is 5.41. The van der Waals surface area contributed by atoms with Crippen molar-refractivity contribution in [1.29, 1.82) is 0 Å². The molecule has 1 heterocycles. The molecule has 0 unspecified atom stereocenters. The number of carbonyl (C=O) groups is 3. The second-order valence-electron chi connectivity index (χ2n) is 8.65. The summed E-state index contributed by atoms with van der Waals surface area (Å²) >= 11 is 3.43. The van der Waals surface area contributed by atoms with E-state index < -0.39 is 29.8 Å². The van der Waals surface area contributed by atoms with Crippen molar-refractivity contribution < 1.29 is 28.6 Å². The summed E-state index contributed by atoms with van der Waals surface area (Å²) in [5.74, 6) is -0.632. The number of benzene rings is 2. The molecule has 0 aliphatic carbocycles. The van der Waals surface area contributed by atoms with Crippen LogP contribution in [-0.2, 0) is 32.0 Å². The van der Waals surface area contributed by atoms with Crippen LogP contribution in [0.25, 0.3) is 10.9 Å². The third-order valence-electron chi connectivity index (χ3n) is 4.85. The molecule has 1 aromatic heterocycles. The summed E-state index contributed by atoms with van der Waals surface area (Å²) in [6, 6.07) is 13.6. The largest absolute Gasteiger partial charge is 0.467 e. The van der Waals surface area contributed by atoms with Gasteiger partial charge in [0, 0.05) is 22.5 Å². The number of esters is 1. The molecule has 1 atom stereocenters.